The summed E-state index contributed by atoms with van der Waals surface area (Å²) in [6.07, 6.45) is 0.436. The monoisotopic (exact) mass is 185 g/mol. The van der Waals surface area contributed by atoms with Crippen molar-refractivity contribution in [1.29, 1.82) is 0 Å². The van der Waals surface area contributed by atoms with Gasteiger partial charge in [-0.05, 0) is 30.5 Å². The molecule has 2 rings (SSSR count). The van der Waals surface area contributed by atoms with Crippen LogP contribution in [0.4, 0.5) is 0 Å². The molecule has 0 saturated carbocycles. The number of thiophene rings is 1. The zero-order valence-corrected chi connectivity index (χ0v) is 7.78. The van der Waals surface area contributed by atoms with E-state index in [1.807, 2.05) is 5.38 Å². The van der Waals surface area contributed by atoms with Crippen LogP contribution < -0.4 is 5.32 Å². The number of rotatable bonds is 2. The van der Waals surface area contributed by atoms with Gasteiger partial charge in [-0.15, -0.1) is 11.3 Å². The van der Waals surface area contributed by atoms with Crippen LogP contribution in [0.2, 0.25) is 0 Å². The van der Waals surface area contributed by atoms with Crippen molar-refractivity contribution in [3.05, 3.63) is 21.9 Å². The van der Waals surface area contributed by atoms with E-state index in [1.165, 1.54) is 5.56 Å². The molecule has 1 aromatic rings. The minimum Gasteiger partial charge on any atom is -0.371 e. The number of fused-ring (bicyclic) bond motifs is 1. The molecular weight excluding hydrogens is 170 g/mol. The van der Waals surface area contributed by atoms with Crippen molar-refractivity contribution in [2.75, 3.05) is 20.2 Å². The molecule has 1 aromatic heterocycles. The number of likely N-dealkylation sites (N-methyl/N-ethyl adjacent to an activating group) is 1. The fourth-order valence-electron chi connectivity index (χ4n) is 1.38. The Morgan fingerprint density at radius 3 is 3.67 bits per heavy atom. The number of nitrogens with one attached hydrogen (secondary N) is 1. The molecule has 12 heavy (non-hydrogen) atoms. The molecule has 1 atom stereocenters. The Morgan fingerprint density at radius 2 is 2.83 bits per heavy atom. The van der Waals surface area contributed by atoms with Crippen LogP contribution in [0.25, 0.3) is 0 Å². The number of hydrogen-bond acceptors (Lipinski definition) is 3. The van der Waals surface area contributed by atoms with Crippen LogP contribution >= 0.6 is 11.3 Å². The third-order valence-corrected chi connectivity index (χ3v) is 2.95. The fourth-order valence-corrected chi connectivity index (χ4v) is 2.34. The zero-order valence-electron chi connectivity index (χ0n) is 8.96. The predicted molar refractivity (Wildman–Crippen MR) is 50.6 cm³/mol. The average Bonchev–Trinajstić information content (AvgIpc) is 2.64. The Hall–Kier alpha value is -0.380. The second-order valence-corrected chi connectivity index (χ2v) is 3.65. The van der Waals surface area contributed by atoms with Crippen LogP contribution in [0.1, 0.15) is 19.3 Å². The van der Waals surface area contributed by atoms with Crippen molar-refractivity contribution in [2.45, 2.75) is 12.5 Å². The Labute approximate surface area is 79.4 Å². The first kappa shape index (κ1) is 6.13. The summed E-state index contributed by atoms with van der Waals surface area (Å²) in [6, 6.07) is 2.06. The van der Waals surface area contributed by atoms with Crippen LogP contribution in [0.3, 0.4) is 0 Å². The molecule has 0 bridgehead atoms. The predicted octanol–water partition coefficient (Wildman–Crippen LogP) is 1.58. The lowest BCUT2D eigenvalue weighted by Crippen LogP contribution is -2.23. The van der Waals surface area contributed by atoms with E-state index in [-0.39, 0.29) is 0 Å². The Morgan fingerprint density at radius 1 is 1.92 bits per heavy atom. The van der Waals surface area contributed by atoms with Crippen molar-refractivity contribution in [3.63, 3.8) is 0 Å². The van der Waals surface area contributed by atoms with Gasteiger partial charge in [0.15, 0.2) is 0 Å². The van der Waals surface area contributed by atoms with Crippen LogP contribution in [-0.4, -0.2) is 20.2 Å². The smallest absolute Gasteiger partial charge is 0.104 e. The van der Waals surface area contributed by atoms with Crippen LogP contribution in [0.5, 0.6) is 0 Å². The number of hydrogen-bond donors (Lipinski definition) is 1. The van der Waals surface area contributed by atoms with Gasteiger partial charge in [0.05, 0.1) is 6.61 Å². The normalized spacial score (nSPS) is 25.9. The third-order valence-electron chi connectivity index (χ3n) is 1.95. The van der Waals surface area contributed by atoms with Crippen molar-refractivity contribution in [1.82, 2.24) is 5.32 Å². The molecule has 1 unspecified atom stereocenters. The third kappa shape index (κ3) is 1.40. The van der Waals surface area contributed by atoms with E-state index in [0.717, 1.165) is 11.3 Å². The molecule has 2 heterocycles. The van der Waals surface area contributed by atoms with E-state index in [2.05, 4.69) is 11.4 Å². The molecule has 1 N–H and O–H groups in total. The van der Waals surface area contributed by atoms with Gasteiger partial charge in [0.2, 0.25) is 0 Å². The van der Waals surface area contributed by atoms with Gasteiger partial charge in [-0.25, -0.2) is 0 Å². The summed E-state index contributed by atoms with van der Waals surface area (Å²) in [5, 5.41) is 4.65. The van der Waals surface area contributed by atoms with Crippen LogP contribution in [0, 0.1) is 0 Å². The summed E-state index contributed by atoms with van der Waals surface area (Å²) >= 11 is 1.57. The maximum atomic E-state index is 7.78. The molecule has 0 saturated heterocycles. The largest absolute Gasteiger partial charge is 0.371 e. The summed E-state index contributed by atoms with van der Waals surface area (Å²) < 4.78 is 21.0. The van der Waals surface area contributed by atoms with Crippen LogP contribution in [0.15, 0.2) is 11.4 Å². The highest BCUT2D eigenvalue weighted by molar-refractivity contribution is 7.10. The molecule has 0 aromatic carbocycles. The van der Waals surface area contributed by atoms with Crippen molar-refractivity contribution >= 4 is 11.3 Å². The minimum atomic E-state index is -1.49. The van der Waals surface area contributed by atoms with Crippen molar-refractivity contribution in [2.24, 2.45) is 0 Å². The Balaban J connectivity index is 2.32. The van der Waals surface area contributed by atoms with E-state index >= 15 is 0 Å². The maximum Gasteiger partial charge on any atom is 0.104 e. The highest BCUT2D eigenvalue weighted by atomic mass is 32.1. The van der Waals surface area contributed by atoms with Gasteiger partial charge in [0.25, 0.3) is 0 Å². The van der Waals surface area contributed by atoms with Gasteiger partial charge in [-0.2, -0.15) is 0 Å². The molecule has 1 aliphatic rings. The first-order chi connectivity index (χ1) is 6.65. The molecule has 0 spiro atoms. The molecule has 0 radical (unpaired) electrons. The lowest BCUT2D eigenvalue weighted by Gasteiger charge is -2.22. The summed E-state index contributed by atoms with van der Waals surface area (Å²) in [6.45, 7) is -0.879. The van der Waals surface area contributed by atoms with E-state index in [0.29, 0.717) is 6.61 Å². The van der Waals surface area contributed by atoms with Gasteiger partial charge < -0.3 is 10.1 Å². The second-order valence-electron chi connectivity index (χ2n) is 2.71. The van der Waals surface area contributed by atoms with Crippen molar-refractivity contribution < 1.29 is 7.48 Å². The summed E-state index contributed by atoms with van der Waals surface area (Å²) in [4.78, 5) is 1.02. The van der Waals surface area contributed by atoms with Crippen LogP contribution in [-0.2, 0) is 11.2 Å². The lowest BCUT2D eigenvalue weighted by molar-refractivity contribution is 0.0469. The molecular formula is C9H13NOS. The Bertz CT molecular complexity index is 326. The first-order valence-corrected chi connectivity index (χ1v) is 4.90. The van der Waals surface area contributed by atoms with Gasteiger partial charge >= 0.3 is 0 Å². The van der Waals surface area contributed by atoms with Crippen molar-refractivity contribution in [3.8, 4) is 0 Å². The topological polar surface area (TPSA) is 21.3 Å². The number of ether oxygens (including phenoxy) is 1. The second kappa shape index (κ2) is 3.56. The molecule has 0 fully saturated rings. The summed E-state index contributed by atoms with van der Waals surface area (Å²) in [7, 11) is 1.62. The van der Waals surface area contributed by atoms with E-state index in [1.54, 1.807) is 18.4 Å². The zero-order chi connectivity index (χ0) is 10.2. The first-order valence-electron chi connectivity index (χ1n) is 5.02. The molecule has 0 aliphatic carbocycles. The quantitative estimate of drug-likeness (QED) is 0.755. The van der Waals surface area contributed by atoms with Gasteiger partial charge in [0.1, 0.15) is 6.10 Å². The summed E-state index contributed by atoms with van der Waals surface area (Å²) in [5.41, 5.74) is 1.23. The Kier molecular flexibility index (Phi) is 1.82. The standard InChI is InChI=1S/C9H13NOS/c1-10-6-8-9-7(2-4-11-8)3-5-12-9/h3,5,8,10H,2,4,6H2,1H3/i6D2. The minimum absolute atomic E-state index is 0.462. The maximum absolute atomic E-state index is 7.78. The molecule has 3 heteroatoms. The van der Waals surface area contributed by atoms with Gasteiger partial charge in [-0.1, -0.05) is 0 Å². The van der Waals surface area contributed by atoms with E-state index in [4.69, 9.17) is 7.48 Å². The van der Waals surface area contributed by atoms with E-state index in [9.17, 15) is 0 Å². The van der Waals surface area contributed by atoms with Gasteiger partial charge in [-0.3, -0.25) is 0 Å². The fraction of sp³-hybridized carbons (Fsp3) is 0.556. The van der Waals surface area contributed by atoms with Gasteiger partial charge in [0, 0.05) is 14.1 Å². The van der Waals surface area contributed by atoms with E-state index < -0.39 is 12.6 Å². The molecule has 1 aliphatic heterocycles. The average molecular weight is 185 g/mol. The molecule has 66 valence electrons. The summed E-state index contributed by atoms with van der Waals surface area (Å²) in [5.74, 6) is 0. The lowest BCUT2D eigenvalue weighted by atomic mass is 10.1. The molecule has 0 amide bonds. The molecule has 2 nitrogen and oxygen atoms in total. The highest BCUT2D eigenvalue weighted by Crippen LogP contribution is 2.30. The SMILES string of the molecule is [2H]C([2H])(NC)C1OCCc2ccsc21. The highest BCUT2D eigenvalue weighted by Gasteiger charge is 2.20.